The summed E-state index contributed by atoms with van der Waals surface area (Å²) in [7, 11) is -4.02. The highest BCUT2D eigenvalue weighted by molar-refractivity contribution is 7.85. The van der Waals surface area contributed by atoms with E-state index in [1.54, 1.807) is 12.1 Å². The minimum Gasteiger partial charge on any atom is -0.370 e. The molecule has 21 heavy (non-hydrogen) atoms. The second-order valence-corrected chi connectivity index (χ2v) is 6.56. The van der Waals surface area contributed by atoms with Gasteiger partial charge in [0.25, 0.3) is 10.1 Å². The maximum Gasteiger partial charge on any atom is 0.294 e. The summed E-state index contributed by atoms with van der Waals surface area (Å²) in [5, 5.41) is 0. The number of nitrogens with two attached hydrogens (primary N) is 2. The SMILES string of the molecule is Cc1ccc(S(=O)(=O)O)cc1.NC(N)=NC1CCCCC1. The van der Waals surface area contributed by atoms with Crippen LogP contribution in [0.5, 0.6) is 0 Å². The minimum absolute atomic E-state index is 0.0666. The Labute approximate surface area is 126 Å². The molecule has 1 aliphatic rings. The van der Waals surface area contributed by atoms with Crippen molar-refractivity contribution in [3.63, 3.8) is 0 Å². The molecule has 6 nitrogen and oxygen atoms in total. The largest absolute Gasteiger partial charge is 0.370 e. The molecule has 1 saturated carbocycles. The summed E-state index contributed by atoms with van der Waals surface area (Å²) in [6.45, 7) is 1.84. The number of benzene rings is 1. The van der Waals surface area contributed by atoms with E-state index in [1.807, 2.05) is 6.92 Å². The summed E-state index contributed by atoms with van der Waals surface area (Å²) in [4.78, 5) is 4.04. The zero-order valence-corrected chi connectivity index (χ0v) is 13.0. The average molecular weight is 313 g/mol. The van der Waals surface area contributed by atoms with Crippen LogP contribution in [0.1, 0.15) is 37.7 Å². The molecule has 0 bridgehead atoms. The van der Waals surface area contributed by atoms with Crippen molar-refractivity contribution in [3.8, 4) is 0 Å². The highest BCUT2D eigenvalue weighted by Gasteiger charge is 2.11. The molecule has 0 heterocycles. The van der Waals surface area contributed by atoms with Gasteiger partial charge in [0.05, 0.1) is 10.9 Å². The molecule has 118 valence electrons. The fraction of sp³-hybridized carbons (Fsp3) is 0.500. The number of guanidine groups is 1. The van der Waals surface area contributed by atoms with E-state index in [1.165, 1.54) is 31.4 Å². The number of hydrogen-bond donors (Lipinski definition) is 3. The molecular formula is C14H23N3O3S. The molecule has 0 radical (unpaired) electrons. The molecule has 0 aromatic heterocycles. The van der Waals surface area contributed by atoms with Crippen LogP contribution in [0.15, 0.2) is 34.2 Å². The standard InChI is InChI=1S/C7H15N3.C7H8O3S/c8-7(9)10-6-4-2-1-3-5-6;1-6-2-4-7(5-3-6)11(8,9)10/h6H,1-5H2,(H4,8,9,10);2-5H,1H3,(H,8,9,10). The molecule has 1 aliphatic carbocycles. The Kier molecular flexibility index (Phi) is 6.64. The molecule has 0 amide bonds. The molecule has 0 unspecified atom stereocenters. The fourth-order valence-electron chi connectivity index (χ4n) is 2.13. The van der Waals surface area contributed by atoms with Crippen LogP contribution in [0, 0.1) is 6.92 Å². The van der Waals surface area contributed by atoms with Crippen LogP contribution in [0.2, 0.25) is 0 Å². The van der Waals surface area contributed by atoms with Crippen molar-refractivity contribution >= 4 is 16.1 Å². The van der Waals surface area contributed by atoms with Gasteiger partial charge in [0.2, 0.25) is 0 Å². The van der Waals surface area contributed by atoms with E-state index in [-0.39, 0.29) is 10.9 Å². The lowest BCUT2D eigenvalue weighted by Crippen LogP contribution is -2.26. The zero-order chi connectivity index (χ0) is 15.9. The lowest BCUT2D eigenvalue weighted by Gasteiger charge is -2.17. The van der Waals surface area contributed by atoms with E-state index in [4.69, 9.17) is 16.0 Å². The van der Waals surface area contributed by atoms with Gasteiger partial charge in [-0.15, -0.1) is 0 Å². The van der Waals surface area contributed by atoms with Crippen molar-refractivity contribution in [3.05, 3.63) is 29.8 Å². The Morgan fingerprint density at radius 2 is 1.67 bits per heavy atom. The maximum absolute atomic E-state index is 10.5. The Hall–Kier alpha value is -1.60. The number of rotatable bonds is 2. The van der Waals surface area contributed by atoms with E-state index < -0.39 is 10.1 Å². The predicted molar refractivity (Wildman–Crippen MR) is 83.7 cm³/mol. The molecule has 1 aromatic rings. The van der Waals surface area contributed by atoms with Gasteiger partial charge in [-0.2, -0.15) is 8.42 Å². The van der Waals surface area contributed by atoms with Crippen molar-refractivity contribution in [1.29, 1.82) is 0 Å². The molecule has 0 atom stereocenters. The molecule has 0 aliphatic heterocycles. The first kappa shape index (κ1) is 17.5. The number of aliphatic imine (C=N–C) groups is 1. The number of hydrogen-bond acceptors (Lipinski definition) is 3. The smallest absolute Gasteiger partial charge is 0.294 e. The second-order valence-electron chi connectivity index (χ2n) is 5.13. The van der Waals surface area contributed by atoms with Crippen LogP contribution in [0.4, 0.5) is 0 Å². The quantitative estimate of drug-likeness (QED) is 0.437. The van der Waals surface area contributed by atoms with Crippen molar-refractivity contribution < 1.29 is 13.0 Å². The molecule has 0 spiro atoms. The van der Waals surface area contributed by atoms with Crippen LogP contribution in [0.25, 0.3) is 0 Å². The number of nitrogens with zero attached hydrogens (tertiary/aromatic N) is 1. The van der Waals surface area contributed by atoms with Gasteiger partial charge in [-0.05, 0) is 31.9 Å². The summed E-state index contributed by atoms with van der Waals surface area (Å²) >= 11 is 0. The fourth-order valence-corrected chi connectivity index (χ4v) is 2.61. The summed E-state index contributed by atoms with van der Waals surface area (Å²) in [5.41, 5.74) is 11.5. The van der Waals surface area contributed by atoms with Crippen LogP contribution in [-0.2, 0) is 10.1 Å². The van der Waals surface area contributed by atoms with Gasteiger partial charge in [0.1, 0.15) is 0 Å². The van der Waals surface area contributed by atoms with Crippen LogP contribution in [-0.4, -0.2) is 25.0 Å². The van der Waals surface area contributed by atoms with Crippen molar-refractivity contribution in [1.82, 2.24) is 0 Å². The maximum atomic E-state index is 10.5. The van der Waals surface area contributed by atoms with Gasteiger partial charge in [-0.3, -0.25) is 9.55 Å². The first-order valence-electron chi connectivity index (χ1n) is 6.92. The van der Waals surface area contributed by atoms with Crippen molar-refractivity contribution in [2.24, 2.45) is 16.5 Å². The van der Waals surface area contributed by atoms with E-state index in [0.717, 1.165) is 18.4 Å². The number of aryl methyl sites for hydroxylation is 1. The lowest BCUT2D eigenvalue weighted by molar-refractivity contribution is 0.443. The Morgan fingerprint density at radius 1 is 1.14 bits per heavy atom. The van der Waals surface area contributed by atoms with Crippen molar-refractivity contribution in [2.75, 3.05) is 0 Å². The molecule has 1 aromatic carbocycles. The Bertz CT molecular complexity index is 558. The summed E-state index contributed by atoms with van der Waals surface area (Å²) in [6.07, 6.45) is 6.23. The van der Waals surface area contributed by atoms with Gasteiger partial charge in [-0.25, -0.2) is 0 Å². The topological polar surface area (TPSA) is 119 Å². The summed E-state index contributed by atoms with van der Waals surface area (Å²) in [6, 6.07) is 6.40. The average Bonchev–Trinajstić information content (AvgIpc) is 2.39. The molecule has 5 N–H and O–H groups in total. The first-order chi connectivity index (χ1) is 9.79. The third-order valence-electron chi connectivity index (χ3n) is 3.23. The van der Waals surface area contributed by atoms with Crippen molar-refractivity contribution in [2.45, 2.75) is 50.0 Å². The van der Waals surface area contributed by atoms with E-state index in [9.17, 15) is 8.42 Å². The summed E-state index contributed by atoms with van der Waals surface area (Å²) < 4.78 is 29.6. The first-order valence-corrected chi connectivity index (χ1v) is 8.36. The van der Waals surface area contributed by atoms with Crippen LogP contribution < -0.4 is 11.5 Å². The highest BCUT2D eigenvalue weighted by Crippen LogP contribution is 2.19. The summed E-state index contributed by atoms with van der Waals surface area (Å²) in [5.74, 6) is 0.243. The highest BCUT2D eigenvalue weighted by atomic mass is 32.2. The van der Waals surface area contributed by atoms with E-state index in [0.29, 0.717) is 6.04 Å². The van der Waals surface area contributed by atoms with E-state index >= 15 is 0 Å². The second kappa shape index (κ2) is 7.99. The van der Waals surface area contributed by atoms with Gasteiger partial charge in [0.15, 0.2) is 5.96 Å². The zero-order valence-electron chi connectivity index (χ0n) is 12.2. The normalized spacial score (nSPS) is 15.7. The monoisotopic (exact) mass is 313 g/mol. The molecule has 2 rings (SSSR count). The minimum atomic E-state index is -4.02. The Morgan fingerprint density at radius 3 is 2.10 bits per heavy atom. The molecule has 1 fully saturated rings. The third kappa shape index (κ3) is 7.10. The van der Waals surface area contributed by atoms with Gasteiger partial charge < -0.3 is 11.5 Å². The van der Waals surface area contributed by atoms with Crippen LogP contribution >= 0.6 is 0 Å². The predicted octanol–water partition coefficient (Wildman–Crippen LogP) is 1.83. The molecular weight excluding hydrogens is 290 g/mol. The van der Waals surface area contributed by atoms with E-state index in [2.05, 4.69) is 4.99 Å². The molecule has 7 heteroatoms. The van der Waals surface area contributed by atoms with Gasteiger partial charge in [-0.1, -0.05) is 37.0 Å². The Balaban J connectivity index is 0.000000211. The lowest BCUT2D eigenvalue weighted by atomic mass is 9.96. The van der Waals surface area contributed by atoms with Gasteiger partial charge >= 0.3 is 0 Å². The third-order valence-corrected chi connectivity index (χ3v) is 4.09. The van der Waals surface area contributed by atoms with Crippen LogP contribution in [0.3, 0.4) is 0 Å². The van der Waals surface area contributed by atoms with Gasteiger partial charge in [0, 0.05) is 0 Å². The molecule has 0 saturated heterocycles.